The van der Waals surface area contributed by atoms with E-state index in [1.54, 1.807) is 0 Å². The fraction of sp³-hybridized carbons (Fsp3) is 0.611. The third-order valence-corrected chi connectivity index (χ3v) is 4.87. The van der Waals surface area contributed by atoms with Crippen molar-refractivity contribution in [3.05, 3.63) is 35.4 Å². The van der Waals surface area contributed by atoms with Crippen LogP contribution in [0.25, 0.3) is 0 Å². The Morgan fingerprint density at radius 1 is 1.05 bits per heavy atom. The van der Waals surface area contributed by atoms with Crippen molar-refractivity contribution in [3.8, 4) is 0 Å². The van der Waals surface area contributed by atoms with Crippen molar-refractivity contribution in [1.29, 1.82) is 0 Å². The third-order valence-electron chi connectivity index (χ3n) is 4.87. The lowest BCUT2D eigenvalue weighted by atomic mass is 9.95. The summed E-state index contributed by atoms with van der Waals surface area (Å²) in [5, 5.41) is 3.56. The van der Waals surface area contributed by atoms with Gasteiger partial charge in [0.2, 0.25) is 5.91 Å². The van der Waals surface area contributed by atoms with Crippen LogP contribution in [-0.2, 0) is 4.79 Å². The van der Waals surface area contributed by atoms with Crippen LogP contribution in [-0.4, -0.2) is 11.9 Å². The maximum Gasteiger partial charge on any atom is 0.239 e. The maximum atomic E-state index is 12.0. The van der Waals surface area contributed by atoms with Gasteiger partial charge in [-0.15, -0.1) is 0 Å². The second kappa shape index (κ2) is 6.61. The standard InChI is InChI=1S/C18H26N2O/c19-18(21)17(20-14-7-3-1-2-4-8-14)16-10-6-5-9-15(16)13-11-12-13/h5-6,9-10,13-14,17,20H,1-4,7-8,11-12H2,(H2,19,21). The number of rotatable bonds is 5. The molecule has 114 valence electrons. The van der Waals surface area contributed by atoms with E-state index in [1.165, 1.54) is 44.1 Å². The molecule has 0 heterocycles. The highest BCUT2D eigenvalue weighted by atomic mass is 16.1. The topological polar surface area (TPSA) is 55.1 Å². The number of hydrogen-bond donors (Lipinski definition) is 2. The molecule has 1 aromatic carbocycles. The van der Waals surface area contributed by atoms with Crippen LogP contribution in [0.2, 0.25) is 0 Å². The van der Waals surface area contributed by atoms with Crippen LogP contribution in [0.15, 0.2) is 24.3 Å². The minimum atomic E-state index is -0.329. The molecule has 3 N–H and O–H groups in total. The summed E-state index contributed by atoms with van der Waals surface area (Å²) >= 11 is 0. The number of carbonyl (C=O) groups excluding carboxylic acids is 1. The molecule has 0 bridgehead atoms. The SMILES string of the molecule is NC(=O)C(NC1CCCCCC1)c1ccccc1C1CC1. The number of hydrogen-bond acceptors (Lipinski definition) is 2. The van der Waals surface area contributed by atoms with Crippen molar-refractivity contribution in [1.82, 2.24) is 5.32 Å². The van der Waals surface area contributed by atoms with Gasteiger partial charge in [0, 0.05) is 6.04 Å². The molecular formula is C18H26N2O. The summed E-state index contributed by atoms with van der Waals surface area (Å²) in [6.07, 6.45) is 9.96. The quantitative estimate of drug-likeness (QED) is 0.815. The molecule has 1 unspecified atom stereocenters. The molecule has 1 amide bonds. The molecule has 0 radical (unpaired) electrons. The summed E-state index contributed by atoms with van der Waals surface area (Å²) in [5.41, 5.74) is 8.14. The van der Waals surface area contributed by atoms with Gasteiger partial charge in [0.05, 0.1) is 0 Å². The number of primary amides is 1. The molecular weight excluding hydrogens is 260 g/mol. The maximum absolute atomic E-state index is 12.0. The second-order valence-electron chi connectivity index (χ2n) is 6.59. The molecule has 0 spiro atoms. The smallest absolute Gasteiger partial charge is 0.239 e. The van der Waals surface area contributed by atoms with Crippen molar-refractivity contribution >= 4 is 5.91 Å². The summed E-state index contributed by atoms with van der Waals surface area (Å²) in [5.74, 6) is 0.395. The molecule has 2 aliphatic carbocycles. The highest BCUT2D eigenvalue weighted by Gasteiger charge is 2.31. The predicted molar refractivity (Wildman–Crippen MR) is 85.0 cm³/mol. The fourth-order valence-electron chi connectivity index (χ4n) is 3.55. The molecule has 3 heteroatoms. The molecule has 1 atom stereocenters. The van der Waals surface area contributed by atoms with E-state index in [0.717, 1.165) is 18.4 Å². The Kier molecular flexibility index (Phi) is 4.59. The summed E-state index contributed by atoms with van der Waals surface area (Å²) < 4.78 is 0. The van der Waals surface area contributed by atoms with Gasteiger partial charge in [0.25, 0.3) is 0 Å². The van der Waals surface area contributed by atoms with Gasteiger partial charge in [-0.05, 0) is 42.7 Å². The Labute approximate surface area is 127 Å². The van der Waals surface area contributed by atoms with Crippen molar-refractivity contribution in [2.75, 3.05) is 0 Å². The zero-order valence-electron chi connectivity index (χ0n) is 12.7. The lowest BCUT2D eigenvalue weighted by molar-refractivity contribution is -0.120. The van der Waals surface area contributed by atoms with Crippen LogP contribution >= 0.6 is 0 Å². The number of carbonyl (C=O) groups is 1. The van der Waals surface area contributed by atoms with Gasteiger partial charge in [-0.2, -0.15) is 0 Å². The molecule has 0 saturated heterocycles. The van der Waals surface area contributed by atoms with Gasteiger partial charge in [0.15, 0.2) is 0 Å². The lowest BCUT2D eigenvalue weighted by Gasteiger charge is -2.25. The average molecular weight is 286 g/mol. The van der Waals surface area contributed by atoms with Crippen LogP contribution in [0.4, 0.5) is 0 Å². The summed E-state index contributed by atoms with van der Waals surface area (Å²) in [4.78, 5) is 12.0. The number of nitrogens with one attached hydrogen (secondary N) is 1. The predicted octanol–water partition coefficient (Wildman–Crippen LogP) is 3.40. The highest BCUT2D eigenvalue weighted by Crippen LogP contribution is 2.43. The van der Waals surface area contributed by atoms with Crippen LogP contribution in [0.3, 0.4) is 0 Å². The minimum Gasteiger partial charge on any atom is -0.368 e. The van der Waals surface area contributed by atoms with E-state index in [0.29, 0.717) is 12.0 Å². The highest BCUT2D eigenvalue weighted by molar-refractivity contribution is 5.82. The minimum absolute atomic E-state index is 0.243. The molecule has 3 rings (SSSR count). The Bertz CT molecular complexity index is 488. The number of nitrogens with two attached hydrogens (primary N) is 1. The van der Waals surface area contributed by atoms with Gasteiger partial charge >= 0.3 is 0 Å². The third kappa shape index (κ3) is 3.65. The largest absolute Gasteiger partial charge is 0.368 e. The zero-order chi connectivity index (χ0) is 14.7. The molecule has 2 fully saturated rings. The van der Waals surface area contributed by atoms with E-state index in [1.807, 2.05) is 6.07 Å². The Morgan fingerprint density at radius 3 is 2.33 bits per heavy atom. The second-order valence-corrected chi connectivity index (χ2v) is 6.59. The average Bonchev–Trinajstić information content (AvgIpc) is 3.32. The first-order valence-corrected chi connectivity index (χ1v) is 8.40. The molecule has 1 aromatic rings. The van der Waals surface area contributed by atoms with E-state index in [4.69, 9.17) is 5.73 Å². The van der Waals surface area contributed by atoms with E-state index in [9.17, 15) is 4.79 Å². The van der Waals surface area contributed by atoms with Crippen LogP contribution in [0.5, 0.6) is 0 Å². The van der Waals surface area contributed by atoms with Gasteiger partial charge in [0.1, 0.15) is 6.04 Å². The summed E-state index contributed by atoms with van der Waals surface area (Å²) in [7, 11) is 0. The molecule has 21 heavy (non-hydrogen) atoms. The van der Waals surface area contributed by atoms with E-state index < -0.39 is 0 Å². The van der Waals surface area contributed by atoms with E-state index in [2.05, 4.69) is 23.5 Å². The molecule has 0 aromatic heterocycles. The Balaban J connectivity index is 1.79. The van der Waals surface area contributed by atoms with Crippen molar-refractivity contribution in [2.24, 2.45) is 5.73 Å². The van der Waals surface area contributed by atoms with Crippen molar-refractivity contribution in [3.63, 3.8) is 0 Å². The van der Waals surface area contributed by atoms with E-state index in [-0.39, 0.29) is 11.9 Å². The van der Waals surface area contributed by atoms with Crippen LogP contribution < -0.4 is 11.1 Å². The number of benzene rings is 1. The zero-order valence-corrected chi connectivity index (χ0v) is 12.7. The summed E-state index contributed by atoms with van der Waals surface area (Å²) in [6.45, 7) is 0. The van der Waals surface area contributed by atoms with Crippen LogP contribution in [0, 0.1) is 0 Å². The fourth-order valence-corrected chi connectivity index (χ4v) is 3.55. The molecule has 2 aliphatic rings. The van der Waals surface area contributed by atoms with Gasteiger partial charge in [-0.25, -0.2) is 0 Å². The molecule has 3 nitrogen and oxygen atoms in total. The first kappa shape index (κ1) is 14.6. The number of amides is 1. The first-order valence-electron chi connectivity index (χ1n) is 8.40. The van der Waals surface area contributed by atoms with Gasteiger partial charge in [-0.3, -0.25) is 10.1 Å². The van der Waals surface area contributed by atoms with Crippen molar-refractivity contribution < 1.29 is 4.79 Å². The Morgan fingerprint density at radius 2 is 1.71 bits per heavy atom. The normalized spacial score (nSPS) is 21.7. The molecule has 2 saturated carbocycles. The monoisotopic (exact) mass is 286 g/mol. The van der Waals surface area contributed by atoms with Gasteiger partial charge in [-0.1, -0.05) is 49.9 Å². The molecule has 0 aliphatic heterocycles. The van der Waals surface area contributed by atoms with Crippen molar-refractivity contribution in [2.45, 2.75) is 69.4 Å². The summed E-state index contributed by atoms with van der Waals surface area (Å²) in [6, 6.07) is 8.43. The van der Waals surface area contributed by atoms with E-state index >= 15 is 0 Å². The lowest BCUT2D eigenvalue weighted by Crippen LogP contribution is -2.40. The van der Waals surface area contributed by atoms with Gasteiger partial charge < -0.3 is 5.73 Å². The first-order chi connectivity index (χ1) is 10.3. The van der Waals surface area contributed by atoms with Crippen LogP contribution in [0.1, 0.15) is 74.5 Å². The Hall–Kier alpha value is -1.35.